The Morgan fingerprint density at radius 2 is 2.04 bits per heavy atom. The van der Waals surface area contributed by atoms with Crippen LogP contribution >= 0.6 is 11.6 Å². The van der Waals surface area contributed by atoms with Gasteiger partial charge in [0.05, 0.1) is 11.4 Å². The average Bonchev–Trinajstić information content (AvgIpc) is 2.89. The number of rotatable bonds is 2. The molecule has 1 atom stereocenters. The third-order valence-corrected chi connectivity index (χ3v) is 5.83. The Balaban J connectivity index is 1.86. The maximum absolute atomic E-state index is 6.40. The van der Waals surface area contributed by atoms with Crippen LogP contribution in [0, 0.1) is 6.92 Å². The molecule has 3 heterocycles. The summed E-state index contributed by atoms with van der Waals surface area (Å²) < 4.78 is 0. The summed E-state index contributed by atoms with van der Waals surface area (Å²) in [7, 11) is 0. The number of anilines is 1. The second kappa shape index (κ2) is 6.93. The number of nitrogens with one attached hydrogen (secondary N) is 1. The molecule has 2 aliphatic heterocycles. The summed E-state index contributed by atoms with van der Waals surface area (Å²) in [5.41, 5.74) is 5.73. The van der Waals surface area contributed by atoms with Crippen molar-refractivity contribution in [3.05, 3.63) is 40.0 Å². The SMILES string of the molecule is Cc1ccc(-c2nc(N3CCCC3C)nc3c2CCNCC3)cc1Cl. The first-order valence-corrected chi connectivity index (χ1v) is 9.65. The predicted octanol–water partition coefficient (Wildman–Crippen LogP) is 3.78. The van der Waals surface area contributed by atoms with Crippen molar-refractivity contribution in [2.75, 3.05) is 24.5 Å². The van der Waals surface area contributed by atoms with Gasteiger partial charge in [-0.2, -0.15) is 0 Å². The Kier molecular flexibility index (Phi) is 4.65. The topological polar surface area (TPSA) is 41.1 Å². The van der Waals surface area contributed by atoms with Crippen LogP contribution in [-0.2, 0) is 12.8 Å². The number of halogens is 1. The van der Waals surface area contributed by atoms with Gasteiger partial charge < -0.3 is 10.2 Å². The van der Waals surface area contributed by atoms with Crippen molar-refractivity contribution in [2.24, 2.45) is 0 Å². The van der Waals surface area contributed by atoms with Gasteiger partial charge in [0, 0.05) is 41.7 Å². The van der Waals surface area contributed by atoms with Crippen molar-refractivity contribution >= 4 is 17.5 Å². The van der Waals surface area contributed by atoms with Crippen molar-refractivity contribution in [3.8, 4) is 11.3 Å². The molecule has 0 radical (unpaired) electrons. The predicted molar refractivity (Wildman–Crippen MR) is 104 cm³/mol. The molecular weight excluding hydrogens is 332 g/mol. The van der Waals surface area contributed by atoms with Crippen molar-refractivity contribution < 1.29 is 0 Å². The van der Waals surface area contributed by atoms with Gasteiger partial charge in [0.2, 0.25) is 5.95 Å². The minimum Gasteiger partial charge on any atom is -0.338 e. The number of nitrogens with zero attached hydrogens (tertiary/aromatic N) is 3. The molecule has 132 valence electrons. The Hall–Kier alpha value is -1.65. The molecule has 0 saturated carbocycles. The lowest BCUT2D eigenvalue weighted by atomic mass is 10.00. The van der Waals surface area contributed by atoms with Gasteiger partial charge in [0.25, 0.3) is 0 Å². The van der Waals surface area contributed by atoms with Crippen LogP contribution in [0.25, 0.3) is 11.3 Å². The molecule has 1 saturated heterocycles. The highest BCUT2D eigenvalue weighted by molar-refractivity contribution is 6.31. The van der Waals surface area contributed by atoms with Crippen LogP contribution in [0.4, 0.5) is 5.95 Å². The smallest absolute Gasteiger partial charge is 0.226 e. The van der Waals surface area contributed by atoms with E-state index in [9.17, 15) is 0 Å². The Morgan fingerprint density at radius 3 is 2.80 bits per heavy atom. The van der Waals surface area contributed by atoms with Gasteiger partial charge in [-0.3, -0.25) is 0 Å². The van der Waals surface area contributed by atoms with Crippen molar-refractivity contribution in [1.29, 1.82) is 0 Å². The molecule has 0 spiro atoms. The van der Waals surface area contributed by atoms with Crippen LogP contribution in [0.2, 0.25) is 5.02 Å². The Bertz CT molecular complexity index is 790. The molecule has 25 heavy (non-hydrogen) atoms. The molecule has 4 nitrogen and oxygen atoms in total. The summed E-state index contributed by atoms with van der Waals surface area (Å²) >= 11 is 6.40. The fourth-order valence-corrected chi connectivity index (χ4v) is 4.05. The number of aromatic nitrogens is 2. The van der Waals surface area contributed by atoms with Crippen LogP contribution < -0.4 is 10.2 Å². The van der Waals surface area contributed by atoms with Gasteiger partial charge in [0.1, 0.15) is 0 Å². The molecule has 2 aromatic rings. The Morgan fingerprint density at radius 1 is 1.20 bits per heavy atom. The van der Waals surface area contributed by atoms with Gasteiger partial charge in [-0.15, -0.1) is 0 Å². The summed E-state index contributed by atoms with van der Waals surface area (Å²) in [5.74, 6) is 0.886. The number of hydrogen-bond donors (Lipinski definition) is 1. The highest BCUT2D eigenvalue weighted by Gasteiger charge is 2.26. The number of hydrogen-bond acceptors (Lipinski definition) is 4. The molecule has 1 aromatic heterocycles. The fourth-order valence-electron chi connectivity index (χ4n) is 3.87. The second-order valence-electron chi connectivity index (χ2n) is 7.20. The lowest BCUT2D eigenvalue weighted by Crippen LogP contribution is -2.29. The molecule has 1 aromatic carbocycles. The molecule has 2 aliphatic rings. The summed E-state index contributed by atoms with van der Waals surface area (Å²) in [6.07, 6.45) is 4.36. The first kappa shape index (κ1) is 16.8. The Labute approximate surface area is 154 Å². The highest BCUT2D eigenvalue weighted by Crippen LogP contribution is 2.32. The monoisotopic (exact) mass is 356 g/mol. The lowest BCUT2D eigenvalue weighted by Gasteiger charge is -2.24. The normalized spacial score (nSPS) is 20.4. The summed E-state index contributed by atoms with van der Waals surface area (Å²) in [6.45, 7) is 7.31. The zero-order valence-electron chi connectivity index (χ0n) is 15.0. The van der Waals surface area contributed by atoms with E-state index in [1.54, 1.807) is 0 Å². The quantitative estimate of drug-likeness (QED) is 0.889. The van der Waals surface area contributed by atoms with Gasteiger partial charge >= 0.3 is 0 Å². The minimum absolute atomic E-state index is 0.511. The third kappa shape index (κ3) is 3.25. The molecule has 0 aliphatic carbocycles. The van der Waals surface area contributed by atoms with E-state index in [1.807, 2.05) is 6.92 Å². The summed E-state index contributed by atoms with van der Waals surface area (Å²) in [6, 6.07) is 6.78. The van der Waals surface area contributed by atoms with Gasteiger partial charge in [-0.25, -0.2) is 9.97 Å². The summed E-state index contributed by atoms with van der Waals surface area (Å²) in [5, 5.41) is 4.28. The molecule has 1 N–H and O–H groups in total. The van der Waals surface area contributed by atoms with E-state index in [4.69, 9.17) is 21.6 Å². The van der Waals surface area contributed by atoms with Crippen LogP contribution in [-0.4, -0.2) is 35.6 Å². The zero-order chi connectivity index (χ0) is 17.4. The van der Waals surface area contributed by atoms with Crippen LogP contribution in [0.5, 0.6) is 0 Å². The molecule has 1 fully saturated rings. The fraction of sp³-hybridized carbons (Fsp3) is 0.500. The maximum atomic E-state index is 6.40. The first-order chi connectivity index (χ1) is 12.1. The molecule has 0 bridgehead atoms. The second-order valence-corrected chi connectivity index (χ2v) is 7.60. The molecule has 5 heteroatoms. The van der Waals surface area contributed by atoms with E-state index in [1.165, 1.54) is 24.1 Å². The van der Waals surface area contributed by atoms with E-state index in [-0.39, 0.29) is 0 Å². The largest absolute Gasteiger partial charge is 0.338 e. The van der Waals surface area contributed by atoms with Gasteiger partial charge in [-0.1, -0.05) is 23.7 Å². The van der Waals surface area contributed by atoms with E-state index in [0.29, 0.717) is 6.04 Å². The number of fused-ring (bicyclic) bond motifs is 1. The minimum atomic E-state index is 0.511. The van der Waals surface area contributed by atoms with E-state index in [0.717, 1.165) is 60.3 Å². The van der Waals surface area contributed by atoms with Crippen molar-refractivity contribution in [3.63, 3.8) is 0 Å². The molecule has 4 rings (SSSR count). The van der Waals surface area contributed by atoms with Crippen LogP contribution in [0.15, 0.2) is 18.2 Å². The van der Waals surface area contributed by atoms with Crippen LogP contribution in [0.3, 0.4) is 0 Å². The molecule has 0 amide bonds. The zero-order valence-corrected chi connectivity index (χ0v) is 15.7. The van der Waals surface area contributed by atoms with E-state index >= 15 is 0 Å². The number of aryl methyl sites for hydroxylation is 1. The first-order valence-electron chi connectivity index (χ1n) is 9.27. The third-order valence-electron chi connectivity index (χ3n) is 5.43. The maximum Gasteiger partial charge on any atom is 0.226 e. The van der Waals surface area contributed by atoms with Gasteiger partial charge in [-0.05, 0) is 51.3 Å². The highest BCUT2D eigenvalue weighted by atomic mass is 35.5. The van der Waals surface area contributed by atoms with E-state index < -0.39 is 0 Å². The molecule has 1 unspecified atom stereocenters. The standard InChI is InChI=1S/C20H25ClN4/c1-13-5-6-15(12-17(13)21)19-16-7-9-22-10-8-18(16)23-20(24-19)25-11-3-4-14(25)2/h5-6,12,14,22H,3-4,7-11H2,1-2H3. The lowest BCUT2D eigenvalue weighted by molar-refractivity contribution is 0.703. The number of benzene rings is 1. The van der Waals surface area contributed by atoms with Crippen molar-refractivity contribution in [2.45, 2.75) is 45.6 Å². The van der Waals surface area contributed by atoms with Gasteiger partial charge in [0.15, 0.2) is 0 Å². The summed E-state index contributed by atoms with van der Waals surface area (Å²) in [4.78, 5) is 12.4. The van der Waals surface area contributed by atoms with E-state index in [2.05, 4.69) is 35.3 Å². The van der Waals surface area contributed by atoms with Crippen molar-refractivity contribution in [1.82, 2.24) is 15.3 Å². The molecular formula is C20H25ClN4. The average molecular weight is 357 g/mol. The van der Waals surface area contributed by atoms with Crippen LogP contribution in [0.1, 0.15) is 36.6 Å².